The van der Waals surface area contributed by atoms with Crippen LogP contribution in [0, 0.1) is 0 Å². The highest BCUT2D eigenvalue weighted by Gasteiger charge is 2.19. The summed E-state index contributed by atoms with van der Waals surface area (Å²) < 4.78 is 0. The summed E-state index contributed by atoms with van der Waals surface area (Å²) in [7, 11) is 3.96. The van der Waals surface area contributed by atoms with Crippen LogP contribution in [-0.2, 0) is 0 Å². The van der Waals surface area contributed by atoms with Gasteiger partial charge in [0.05, 0.1) is 0 Å². The van der Waals surface area contributed by atoms with E-state index in [1.54, 1.807) is 0 Å². The molecule has 0 aliphatic carbocycles. The molecule has 0 amide bonds. The van der Waals surface area contributed by atoms with Crippen molar-refractivity contribution in [1.82, 2.24) is 15.3 Å². The van der Waals surface area contributed by atoms with Gasteiger partial charge in [-0.05, 0) is 31.9 Å². The fraction of sp³-hybridized carbons (Fsp3) is 0.733. The third-order valence-corrected chi connectivity index (χ3v) is 3.74. The lowest BCUT2D eigenvalue weighted by molar-refractivity contribution is 0.569. The quantitative estimate of drug-likeness (QED) is 0.824. The maximum absolute atomic E-state index is 4.68. The van der Waals surface area contributed by atoms with Gasteiger partial charge in [0.15, 0.2) is 0 Å². The average molecular weight is 277 g/mol. The van der Waals surface area contributed by atoms with Crippen molar-refractivity contribution < 1.29 is 0 Å². The fourth-order valence-electron chi connectivity index (χ4n) is 2.56. The monoisotopic (exact) mass is 277 g/mol. The molecule has 5 nitrogen and oxygen atoms in total. The predicted molar refractivity (Wildman–Crippen MR) is 84.5 cm³/mol. The second kappa shape index (κ2) is 7.43. The van der Waals surface area contributed by atoms with E-state index >= 15 is 0 Å². The lowest BCUT2D eigenvalue weighted by atomic mass is 10.2. The first-order valence-electron chi connectivity index (χ1n) is 7.69. The first-order chi connectivity index (χ1) is 9.70. The normalized spacial score (nSPS) is 18.2. The molecule has 0 spiro atoms. The van der Waals surface area contributed by atoms with E-state index in [0.29, 0.717) is 6.04 Å². The number of hydrogen-bond donors (Lipinski definition) is 1. The average Bonchev–Trinajstić information content (AvgIpc) is 2.96. The Kier molecular flexibility index (Phi) is 5.59. The smallest absolute Gasteiger partial charge is 0.226 e. The Bertz CT molecular complexity index is 401. The topological polar surface area (TPSA) is 44.3 Å². The molecule has 1 saturated heterocycles. The van der Waals surface area contributed by atoms with Crippen LogP contribution in [0.1, 0.15) is 32.6 Å². The van der Waals surface area contributed by atoms with Gasteiger partial charge in [0.2, 0.25) is 5.95 Å². The molecule has 1 N–H and O–H groups in total. The highest BCUT2D eigenvalue weighted by atomic mass is 15.3. The molecule has 1 fully saturated rings. The third kappa shape index (κ3) is 4.07. The lowest BCUT2D eigenvalue weighted by Gasteiger charge is -2.27. The lowest BCUT2D eigenvalue weighted by Crippen LogP contribution is -2.38. The molecule has 112 valence electrons. The van der Waals surface area contributed by atoms with Crippen molar-refractivity contribution in [2.24, 2.45) is 0 Å². The van der Waals surface area contributed by atoms with E-state index in [9.17, 15) is 0 Å². The van der Waals surface area contributed by atoms with Crippen LogP contribution < -0.4 is 15.1 Å². The number of aromatic nitrogens is 2. The Labute approximate surface area is 122 Å². The van der Waals surface area contributed by atoms with Gasteiger partial charge in [-0.25, -0.2) is 4.98 Å². The van der Waals surface area contributed by atoms with Crippen molar-refractivity contribution in [3.63, 3.8) is 0 Å². The van der Waals surface area contributed by atoms with Crippen molar-refractivity contribution in [2.75, 3.05) is 43.5 Å². The van der Waals surface area contributed by atoms with Crippen molar-refractivity contribution in [1.29, 1.82) is 0 Å². The third-order valence-electron chi connectivity index (χ3n) is 3.74. The maximum Gasteiger partial charge on any atom is 0.226 e. The zero-order chi connectivity index (χ0) is 14.4. The number of rotatable bonds is 7. The van der Waals surface area contributed by atoms with Crippen molar-refractivity contribution in [3.8, 4) is 0 Å². The van der Waals surface area contributed by atoms with Gasteiger partial charge in [0, 0.05) is 39.4 Å². The van der Waals surface area contributed by atoms with Gasteiger partial charge in [0.1, 0.15) is 5.82 Å². The molecule has 5 heteroatoms. The minimum absolute atomic E-state index is 0.602. The van der Waals surface area contributed by atoms with Crippen LogP contribution in [0.3, 0.4) is 0 Å². The molecule has 0 bridgehead atoms. The molecule has 1 aromatic rings. The molecule has 0 aromatic carbocycles. The Balaban J connectivity index is 2.09. The Morgan fingerprint density at radius 1 is 1.40 bits per heavy atom. The van der Waals surface area contributed by atoms with Gasteiger partial charge >= 0.3 is 0 Å². The number of unbranched alkanes of at least 4 members (excludes halogenated alkanes) is 1. The molecule has 1 atom stereocenters. The second-order valence-corrected chi connectivity index (χ2v) is 5.70. The first-order valence-corrected chi connectivity index (χ1v) is 7.69. The molecular formula is C15H27N5. The van der Waals surface area contributed by atoms with Crippen LogP contribution in [0.5, 0.6) is 0 Å². The molecule has 1 aromatic heterocycles. The van der Waals surface area contributed by atoms with Crippen LogP contribution >= 0.6 is 0 Å². The SMILES string of the molecule is CCCCN(CC1CCCN1)c1ccnc(N(C)C)n1. The van der Waals surface area contributed by atoms with Gasteiger partial charge in [-0.1, -0.05) is 13.3 Å². The summed E-state index contributed by atoms with van der Waals surface area (Å²) in [5, 5.41) is 3.58. The highest BCUT2D eigenvalue weighted by molar-refractivity contribution is 5.43. The summed E-state index contributed by atoms with van der Waals surface area (Å²) in [6, 6.07) is 2.63. The van der Waals surface area contributed by atoms with Crippen molar-refractivity contribution in [2.45, 2.75) is 38.6 Å². The zero-order valence-electron chi connectivity index (χ0n) is 13.0. The number of nitrogens with one attached hydrogen (secondary N) is 1. The van der Waals surface area contributed by atoms with E-state index in [4.69, 9.17) is 0 Å². The molecule has 1 aliphatic heterocycles. The van der Waals surface area contributed by atoms with Crippen LogP contribution in [0.25, 0.3) is 0 Å². The Hall–Kier alpha value is -1.36. The standard InChI is InChI=1S/C15H27N5/c1-4-5-11-20(12-13-7-6-9-16-13)14-8-10-17-15(18-14)19(2)3/h8,10,13,16H,4-7,9,11-12H2,1-3H3. The number of anilines is 2. The zero-order valence-corrected chi connectivity index (χ0v) is 13.0. The molecule has 0 radical (unpaired) electrons. The van der Waals surface area contributed by atoms with Crippen molar-refractivity contribution >= 4 is 11.8 Å². The van der Waals surface area contributed by atoms with Crippen LogP contribution in [0.15, 0.2) is 12.3 Å². The van der Waals surface area contributed by atoms with Gasteiger partial charge in [-0.3, -0.25) is 0 Å². The van der Waals surface area contributed by atoms with E-state index in [2.05, 4.69) is 27.1 Å². The Morgan fingerprint density at radius 2 is 2.25 bits per heavy atom. The predicted octanol–water partition coefficient (Wildman–Crippen LogP) is 1.90. The minimum Gasteiger partial charge on any atom is -0.355 e. The molecule has 1 unspecified atom stereocenters. The van der Waals surface area contributed by atoms with E-state index in [0.717, 1.165) is 31.4 Å². The molecule has 2 heterocycles. The van der Waals surface area contributed by atoms with Gasteiger partial charge in [-0.2, -0.15) is 4.98 Å². The van der Waals surface area contributed by atoms with Crippen LogP contribution in [-0.4, -0.2) is 49.7 Å². The Morgan fingerprint density at radius 3 is 2.90 bits per heavy atom. The van der Waals surface area contributed by atoms with Gasteiger partial charge < -0.3 is 15.1 Å². The summed E-state index contributed by atoms with van der Waals surface area (Å²) in [6.07, 6.45) is 6.83. The van der Waals surface area contributed by atoms with Crippen LogP contribution in [0.4, 0.5) is 11.8 Å². The number of hydrogen-bond acceptors (Lipinski definition) is 5. The summed E-state index contributed by atoms with van der Waals surface area (Å²) in [4.78, 5) is 13.3. The maximum atomic E-state index is 4.68. The molecule has 20 heavy (non-hydrogen) atoms. The molecule has 0 saturated carbocycles. The van der Waals surface area contributed by atoms with E-state index in [1.807, 2.05) is 31.3 Å². The number of nitrogens with zero attached hydrogens (tertiary/aromatic N) is 4. The largest absolute Gasteiger partial charge is 0.355 e. The summed E-state index contributed by atoms with van der Waals surface area (Å²) >= 11 is 0. The summed E-state index contributed by atoms with van der Waals surface area (Å²) in [5.74, 6) is 1.83. The molecule has 1 aliphatic rings. The van der Waals surface area contributed by atoms with Crippen molar-refractivity contribution in [3.05, 3.63) is 12.3 Å². The minimum atomic E-state index is 0.602. The van der Waals surface area contributed by atoms with E-state index in [1.165, 1.54) is 25.7 Å². The van der Waals surface area contributed by atoms with Gasteiger partial charge in [-0.15, -0.1) is 0 Å². The summed E-state index contributed by atoms with van der Waals surface area (Å²) in [6.45, 7) is 5.50. The fourth-order valence-corrected chi connectivity index (χ4v) is 2.56. The highest BCUT2D eigenvalue weighted by Crippen LogP contribution is 2.17. The van der Waals surface area contributed by atoms with E-state index < -0.39 is 0 Å². The van der Waals surface area contributed by atoms with Crippen LogP contribution in [0.2, 0.25) is 0 Å². The first kappa shape index (κ1) is 15.0. The second-order valence-electron chi connectivity index (χ2n) is 5.70. The molecular weight excluding hydrogens is 250 g/mol. The summed E-state index contributed by atoms with van der Waals surface area (Å²) in [5.41, 5.74) is 0. The molecule has 2 rings (SSSR count). The van der Waals surface area contributed by atoms with E-state index in [-0.39, 0.29) is 0 Å². The van der Waals surface area contributed by atoms with Gasteiger partial charge in [0.25, 0.3) is 0 Å².